The van der Waals surface area contributed by atoms with Crippen molar-refractivity contribution in [2.75, 3.05) is 31.1 Å². The number of pyridine rings is 1. The Morgan fingerprint density at radius 3 is 2.40 bits per heavy atom. The largest absolute Gasteiger partial charge is 0.386 e. The average molecular weight is 480 g/mol. The minimum atomic E-state index is -1.00. The zero-order chi connectivity index (χ0) is 24.7. The molecule has 13 heteroatoms. The van der Waals surface area contributed by atoms with Gasteiger partial charge in [0.1, 0.15) is 12.2 Å². The number of hydrogen-bond donors (Lipinski definition) is 1. The molecule has 1 N–H and O–H groups in total. The number of benzene rings is 1. The molecule has 180 valence electrons. The number of aromatic nitrogens is 1. The van der Waals surface area contributed by atoms with Crippen LogP contribution in [0.25, 0.3) is 0 Å². The molecule has 0 spiro atoms. The highest BCUT2D eigenvalue weighted by atomic mass is 16.7. The van der Waals surface area contributed by atoms with Crippen molar-refractivity contribution in [3.05, 3.63) is 57.8 Å². The van der Waals surface area contributed by atoms with E-state index in [9.17, 15) is 29.3 Å². The fourth-order valence-electron chi connectivity index (χ4n) is 4.36. The fraction of sp³-hybridized carbons (Fsp3) is 0.318. The van der Waals surface area contributed by atoms with Crippen molar-refractivity contribution in [1.82, 2.24) is 20.3 Å². The maximum Gasteiger partial charge on any atom is 0.287 e. The second-order valence-electron chi connectivity index (χ2n) is 8.30. The highest BCUT2D eigenvalue weighted by molar-refractivity contribution is 6.23. The summed E-state index contributed by atoms with van der Waals surface area (Å²) in [7, 11) is 0. The van der Waals surface area contributed by atoms with Gasteiger partial charge in [0.05, 0.1) is 29.1 Å². The van der Waals surface area contributed by atoms with Gasteiger partial charge in [-0.2, -0.15) is 0 Å². The molecule has 4 amide bonds. The van der Waals surface area contributed by atoms with Gasteiger partial charge in [0.25, 0.3) is 17.5 Å². The van der Waals surface area contributed by atoms with Crippen LogP contribution >= 0.6 is 0 Å². The summed E-state index contributed by atoms with van der Waals surface area (Å²) in [6.07, 6.45) is 1.30. The topological polar surface area (TPSA) is 155 Å². The van der Waals surface area contributed by atoms with Crippen molar-refractivity contribution in [2.24, 2.45) is 0 Å². The zero-order valence-corrected chi connectivity index (χ0v) is 18.4. The van der Waals surface area contributed by atoms with Crippen LogP contribution in [-0.4, -0.2) is 75.7 Å². The molecule has 0 radical (unpaired) electrons. The summed E-state index contributed by atoms with van der Waals surface area (Å²) in [6, 6.07) is 6.74. The first-order chi connectivity index (χ1) is 16.8. The van der Waals surface area contributed by atoms with Gasteiger partial charge in [0, 0.05) is 37.3 Å². The molecule has 1 unspecified atom stereocenters. The molecule has 1 aromatic heterocycles. The molecule has 1 aromatic carbocycles. The summed E-state index contributed by atoms with van der Waals surface area (Å²) < 4.78 is 0. The molecule has 4 heterocycles. The van der Waals surface area contributed by atoms with E-state index in [4.69, 9.17) is 4.84 Å². The third-order valence-corrected chi connectivity index (χ3v) is 6.18. The maximum absolute atomic E-state index is 13.0. The number of nitrogens with one attached hydrogen (secondary N) is 1. The summed E-state index contributed by atoms with van der Waals surface area (Å²) in [5.74, 6) is -1.90. The number of carbonyl (C=O) groups excluding carboxylic acids is 4. The van der Waals surface area contributed by atoms with Crippen molar-refractivity contribution < 1.29 is 28.9 Å². The minimum absolute atomic E-state index is 0.0663. The summed E-state index contributed by atoms with van der Waals surface area (Å²) in [5, 5.41) is 14.6. The molecule has 5 rings (SSSR count). The number of anilines is 1. The summed E-state index contributed by atoms with van der Waals surface area (Å²) in [5.41, 5.74) is 1.09. The van der Waals surface area contributed by atoms with Gasteiger partial charge >= 0.3 is 0 Å². The van der Waals surface area contributed by atoms with Crippen LogP contribution in [0.1, 0.15) is 33.6 Å². The zero-order valence-electron chi connectivity index (χ0n) is 18.4. The molecule has 3 aliphatic heterocycles. The number of hydroxylamine groups is 2. The van der Waals surface area contributed by atoms with Crippen molar-refractivity contribution >= 4 is 35.0 Å². The molecule has 1 atom stereocenters. The van der Waals surface area contributed by atoms with Gasteiger partial charge in [0.2, 0.25) is 17.7 Å². The first-order valence-electron chi connectivity index (χ1n) is 11.0. The number of piperidine rings is 1. The lowest BCUT2D eigenvalue weighted by Crippen LogP contribution is -2.54. The van der Waals surface area contributed by atoms with E-state index in [1.165, 1.54) is 12.1 Å². The van der Waals surface area contributed by atoms with Crippen LogP contribution in [0.3, 0.4) is 0 Å². The van der Waals surface area contributed by atoms with Crippen LogP contribution < -0.4 is 15.1 Å². The first kappa shape index (κ1) is 22.4. The summed E-state index contributed by atoms with van der Waals surface area (Å²) in [6.45, 7) is 2.13. The number of carbonyl (C=O) groups is 4. The van der Waals surface area contributed by atoms with E-state index in [1.54, 1.807) is 23.3 Å². The van der Waals surface area contributed by atoms with Gasteiger partial charge in [-0.25, -0.2) is 4.98 Å². The second kappa shape index (κ2) is 8.76. The Bertz CT molecular complexity index is 1240. The van der Waals surface area contributed by atoms with Gasteiger partial charge in [-0.15, -0.1) is 5.06 Å². The van der Waals surface area contributed by atoms with Crippen LogP contribution in [0.4, 0.5) is 11.4 Å². The highest BCUT2D eigenvalue weighted by Gasteiger charge is 2.44. The Hall–Kier alpha value is -4.39. The average Bonchev–Trinajstić information content (AvgIpc) is 3.09. The molecular formula is C22H20N6O7. The van der Waals surface area contributed by atoms with E-state index in [-0.39, 0.29) is 35.5 Å². The predicted octanol–water partition coefficient (Wildman–Crippen LogP) is 0.507. The van der Waals surface area contributed by atoms with Crippen LogP contribution in [0.5, 0.6) is 5.88 Å². The molecule has 35 heavy (non-hydrogen) atoms. The normalized spacial score (nSPS) is 20.6. The number of amides is 4. The molecule has 2 saturated heterocycles. The van der Waals surface area contributed by atoms with Gasteiger partial charge in [-0.1, -0.05) is 0 Å². The molecule has 0 aliphatic carbocycles. The number of fused-ring (bicyclic) bond motifs is 1. The lowest BCUT2D eigenvalue weighted by molar-refractivity contribution is -0.385. The maximum atomic E-state index is 13.0. The van der Waals surface area contributed by atoms with E-state index in [1.807, 2.05) is 4.90 Å². The molecule has 2 fully saturated rings. The number of nitro groups is 1. The van der Waals surface area contributed by atoms with E-state index < -0.39 is 34.6 Å². The standard InChI is InChI=1S/C22H20N6O7/c29-18-5-4-17(20(30)24-18)27-21(31)15-3-1-13(11-16(15)22(27)32)25-7-9-26(10-8-25)35-19-6-2-14(12-23-19)28(33)34/h1-3,6,11-12,17H,4-5,7-10H2,(H,24,29,30). The predicted molar refractivity (Wildman–Crippen MR) is 118 cm³/mol. The summed E-state index contributed by atoms with van der Waals surface area (Å²) >= 11 is 0. The third-order valence-electron chi connectivity index (χ3n) is 6.18. The Morgan fingerprint density at radius 2 is 1.74 bits per heavy atom. The monoisotopic (exact) mass is 480 g/mol. The van der Waals surface area contributed by atoms with Gasteiger partial charge in [0.15, 0.2) is 0 Å². The smallest absolute Gasteiger partial charge is 0.287 e. The van der Waals surface area contributed by atoms with Crippen molar-refractivity contribution in [3.63, 3.8) is 0 Å². The number of imide groups is 2. The molecule has 0 saturated carbocycles. The van der Waals surface area contributed by atoms with Crippen LogP contribution in [0, 0.1) is 10.1 Å². The van der Waals surface area contributed by atoms with E-state index in [0.717, 1.165) is 16.8 Å². The number of piperazine rings is 1. The number of hydrogen-bond acceptors (Lipinski definition) is 10. The molecule has 3 aliphatic rings. The number of rotatable bonds is 5. The van der Waals surface area contributed by atoms with E-state index >= 15 is 0 Å². The molecule has 13 nitrogen and oxygen atoms in total. The van der Waals surface area contributed by atoms with Gasteiger partial charge in [-0.05, 0) is 24.6 Å². The Kier molecular flexibility index (Phi) is 5.61. The van der Waals surface area contributed by atoms with Gasteiger partial charge < -0.3 is 9.74 Å². The minimum Gasteiger partial charge on any atom is -0.386 e. The summed E-state index contributed by atoms with van der Waals surface area (Å²) in [4.78, 5) is 72.4. The fourth-order valence-corrected chi connectivity index (χ4v) is 4.36. The quantitative estimate of drug-likeness (QED) is 0.363. The number of nitrogens with zero attached hydrogens (tertiary/aromatic N) is 5. The van der Waals surface area contributed by atoms with Gasteiger partial charge in [-0.3, -0.25) is 39.5 Å². The van der Waals surface area contributed by atoms with Crippen molar-refractivity contribution in [3.8, 4) is 5.88 Å². The van der Waals surface area contributed by atoms with Crippen LogP contribution in [-0.2, 0) is 9.59 Å². The second-order valence-corrected chi connectivity index (χ2v) is 8.30. The van der Waals surface area contributed by atoms with E-state index in [0.29, 0.717) is 26.2 Å². The SMILES string of the molecule is O=C1CCC(N2C(=O)c3ccc(N4CCN(Oc5ccc([N+](=O)[O-])cn5)CC4)cc3C2=O)C(=O)N1. The Labute approximate surface area is 198 Å². The van der Waals surface area contributed by atoms with E-state index in [2.05, 4.69) is 10.3 Å². The van der Waals surface area contributed by atoms with Crippen molar-refractivity contribution in [1.29, 1.82) is 0 Å². The lowest BCUT2D eigenvalue weighted by atomic mass is 10.0. The third kappa shape index (κ3) is 4.17. The Morgan fingerprint density at radius 1 is 1.00 bits per heavy atom. The molecule has 0 bridgehead atoms. The van der Waals surface area contributed by atoms with Crippen LogP contribution in [0.2, 0.25) is 0 Å². The van der Waals surface area contributed by atoms with Crippen LogP contribution in [0.15, 0.2) is 36.5 Å². The molecule has 2 aromatic rings. The molecular weight excluding hydrogens is 460 g/mol. The first-order valence-corrected chi connectivity index (χ1v) is 11.0. The lowest BCUT2D eigenvalue weighted by Gasteiger charge is -2.35. The Balaban J connectivity index is 1.24. The highest BCUT2D eigenvalue weighted by Crippen LogP contribution is 2.31. The van der Waals surface area contributed by atoms with Crippen molar-refractivity contribution in [2.45, 2.75) is 18.9 Å².